The van der Waals surface area contributed by atoms with Gasteiger partial charge >= 0.3 is 0 Å². The zero-order valence-corrected chi connectivity index (χ0v) is 10.8. The molecule has 0 aromatic carbocycles. The second-order valence-electron chi connectivity index (χ2n) is 4.75. The molecule has 0 spiro atoms. The molecule has 1 saturated heterocycles. The molecule has 5 nitrogen and oxygen atoms in total. The van der Waals surface area contributed by atoms with Crippen molar-refractivity contribution in [2.45, 2.75) is 45.8 Å². The average Bonchev–Trinajstić information content (AvgIpc) is 2.85. The summed E-state index contributed by atoms with van der Waals surface area (Å²) in [4.78, 5) is 4.13. The number of aromatic nitrogens is 2. The standard InChI is InChI=1S/C12H21N3O2/c1-4-15-9-14-6-10(15)5-13-7-11-8-16-12(2,3)17-11/h6,9,11,13H,4-5,7-8H2,1-3H3. The summed E-state index contributed by atoms with van der Waals surface area (Å²) in [6.45, 7) is 9.23. The molecule has 1 atom stereocenters. The van der Waals surface area contributed by atoms with E-state index >= 15 is 0 Å². The Bertz CT molecular complexity index is 362. The van der Waals surface area contributed by atoms with E-state index in [0.717, 1.165) is 19.6 Å². The maximum Gasteiger partial charge on any atom is 0.163 e. The molecular formula is C12H21N3O2. The lowest BCUT2D eigenvalue weighted by atomic mass is 10.3. The Morgan fingerprint density at radius 3 is 3.06 bits per heavy atom. The van der Waals surface area contributed by atoms with Crippen molar-refractivity contribution in [2.75, 3.05) is 13.2 Å². The second-order valence-corrected chi connectivity index (χ2v) is 4.75. The van der Waals surface area contributed by atoms with E-state index in [2.05, 4.69) is 21.8 Å². The molecule has 96 valence electrons. The monoisotopic (exact) mass is 239 g/mol. The van der Waals surface area contributed by atoms with Crippen molar-refractivity contribution < 1.29 is 9.47 Å². The largest absolute Gasteiger partial charge is 0.348 e. The summed E-state index contributed by atoms with van der Waals surface area (Å²) in [5, 5.41) is 3.38. The van der Waals surface area contributed by atoms with Crippen molar-refractivity contribution in [1.82, 2.24) is 14.9 Å². The number of nitrogens with zero attached hydrogens (tertiary/aromatic N) is 2. The van der Waals surface area contributed by atoms with Gasteiger partial charge in [-0.05, 0) is 20.8 Å². The molecule has 1 unspecified atom stereocenters. The van der Waals surface area contributed by atoms with Crippen LogP contribution in [0.3, 0.4) is 0 Å². The van der Waals surface area contributed by atoms with Gasteiger partial charge in [-0.2, -0.15) is 0 Å². The summed E-state index contributed by atoms with van der Waals surface area (Å²) in [6, 6.07) is 0. The third kappa shape index (κ3) is 3.28. The lowest BCUT2D eigenvalue weighted by Gasteiger charge is -2.17. The van der Waals surface area contributed by atoms with Crippen LogP contribution in [0.1, 0.15) is 26.5 Å². The van der Waals surface area contributed by atoms with Crippen molar-refractivity contribution in [3.63, 3.8) is 0 Å². The van der Waals surface area contributed by atoms with Gasteiger partial charge in [-0.15, -0.1) is 0 Å². The Kier molecular flexibility index (Phi) is 3.81. The molecule has 1 N–H and O–H groups in total. The van der Waals surface area contributed by atoms with E-state index in [1.54, 1.807) is 0 Å². The highest BCUT2D eigenvalue weighted by Crippen LogP contribution is 2.21. The first-order valence-electron chi connectivity index (χ1n) is 6.12. The summed E-state index contributed by atoms with van der Waals surface area (Å²) in [5.74, 6) is -0.433. The fraction of sp³-hybridized carbons (Fsp3) is 0.750. The van der Waals surface area contributed by atoms with Crippen LogP contribution >= 0.6 is 0 Å². The predicted octanol–water partition coefficient (Wildman–Crippen LogP) is 1.14. The fourth-order valence-corrected chi connectivity index (χ4v) is 2.00. The maximum absolute atomic E-state index is 5.72. The van der Waals surface area contributed by atoms with Crippen LogP contribution in [0.15, 0.2) is 12.5 Å². The number of hydrogen-bond donors (Lipinski definition) is 1. The van der Waals surface area contributed by atoms with Crippen LogP contribution < -0.4 is 5.32 Å². The normalized spacial score (nSPS) is 23.1. The minimum absolute atomic E-state index is 0.142. The van der Waals surface area contributed by atoms with Crippen LogP contribution in [-0.2, 0) is 22.6 Å². The van der Waals surface area contributed by atoms with E-state index in [1.165, 1.54) is 5.69 Å². The van der Waals surface area contributed by atoms with E-state index in [9.17, 15) is 0 Å². The van der Waals surface area contributed by atoms with Gasteiger partial charge < -0.3 is 19.4 Å². The van der Waals surface area contributed by atoms with Crippen molar-refractivity contribution in [3.05, 3.63) is 18.2 Å². The van der Waals surface area contributed by atoms with E-state index in [0.29, 0.717) is 6.61 Å². The van der Waals surface area contributed by atoms with Crippen LogP contribution in [0, 0.1) is 0 Å². The fourth-order valence-electron chi connectivity index (χ4n) is 2.00. The van der Waals surface area contributed by atoms with Gasteiger partial charge in [0.15, 0.2) is 5.79 Å². The number of rotatable bonds is 5. The zero-order chi connectivity index (χ0) is 12.3. The van der Waals surface area contributed by atoms with Gasteiger partial charge in [0, 0.05) is 25.8 Å². The summed E-state index contributed by atoms with van der Waals surface area (Å²) in [6.07, 6.45) is 3.89. The molecule has 1 fully saturated rings. The van der Waals surface area contributed by atoms with Gasteiger partial charge in [0.2, 0.25) is 0 Å². The van der Waals surface area contributed by atoms with Crippen LogP contribution in [-0.4, -0.2) is 34.6 Å². The Morgan fingerprint density at radius 1 is 1.59 bits per heavy atom. The van der Waals surface area contributed by atoms with Crippen molar-refractivity contribution in [2.24, 2.45) is 0 Å². The van der Waals surface area contributed by atoms with Gasteiger partial charge in [0.1, 0.15) is 0 Å². The van der Waals surface area contributed by atoms with Crippen molar-refractivity contribution >= 4 is 0 Å². The minimum Gasteiger partial charge on any atom is -0.348 e. The van der Waals surface area contributed by atoms with Gasteiger partial charge in [0.05, 0.1) is 24.7 Å². The molecule has 0 amide bonds. The molecular weight excluding hydrogens is 218 g/mol. The Morgan fingerprint density at radius 2 is 2.41 bits per heavy atom. The summed E-state index contributed by atoms with van der Waals surface area (Å²) in [7, 11) is 0. The quantitative estimate of drug-likeness (QED) is 0.837. The van der Waals surface area contributed by atoms with E-state index in [1.807, 2.05) is 26.4 Å². The highest BCUT2D eigenvalue weighted by molar-refractivity contribution is 4.97. The molecule has 1 aliphatic rings. The van der Waals surface area contributed by atoms with Crippen LogP contribution in [0.5, 0.6) is 0 Å². The lowest BCUT2D eigenvalue weighted by molar-refractivity contribution is -0.137. The molecule has 17 heavy (non-hydrogen) atoms. The molecule has 2 heterocycles. The van der Waals surface area contributed by atoms with Gasteiger partial charge in [0.25, 0.3) is 0 Å². The summed E-state index contributed by atoms with van der Waals surface area (Å²) in [5.41, 5.74) is 1.20. The lowest BCUT2D eigenvalue weighted by Crippen LogP contribution is -2.30. The Labute approximate surface area is 102 Å². The van der Waals surface area contributed by atoms with Gasteiger partial charge in [-0.1, -0.05) is 0 Å². The highest BCUT2D eigenvalue weighted by atomic mass is 16.7. The molecule has 1 aromatic rings. The zero-order valence-electron chi connectivity index (χ0n) is 10.8. The molecule has 0 saturated carbocycles. The molecule has 2 rings (SSSR count). The topological polar surface area (TPSA) is 48.3 Å². The maximum atomic E-state index is 5.72. The predicted molar refractivity (Wildman–Crippen MR) is 64.5 cm³/mol. The van der Waals surface area contributed by atoms with Crippen molar-refractivity contribution in [1.29, 1.82) is 0 Å². The SMILES string of the molecule is CCn1cncc1CNCC1COC(C)(C)O1. The molecule has 0 bridgehead atoms. The van der Waals surface area contributed by atoms with Gasteiger partial charge in [-0.3, -0.25) is 0 Å². The van der Waals surface area contributed by atoms with E-state index < -0.39 is 5.79 Å². The average molecular weight is 239 g/mol. The smallest absolute Gasteiger partial charge is 0.163 e. The molecule has 0 aliphatic carbocycles. The molecule has 1 aromatic heterocycles. The van der Waals surface area contributed by atoms with Crippen LogP contribution in [0.2, 0.25) is 0 Å². The number of imidazole rings is 1. The third-order valence-electron chi connectivity index (χ3n) is 2.88. The molecule has 5 heteroatoms. The van der Waals surface area contributed by atoms with Gasteiger partial charge in [-0.25, -0.2) is 4.98 Å². The Balaban J connectivity index is 1.73. The summed E-state index contributed by atoms with van der Waals surface area (Å²) >= 11 is 0. The van der Waals surface area contributed by atoms with Crippen LogP contribution in [0.25, 0.3) is 0 Å². The minimum atomic E-state index is -0.433. The first kappa shape index (κ1) is 12.5. The highest BCUT2D eigenvalue weighted by Gasteiger charge is 2.32. The van der Waals surface area contributed by atoms with Crippen molar-refractivity contribution in [3.8, 4) is 0 Å². The Hall–Kier alpha value is -0.910. The number of nitrogens with one attached hydrogen (secondary N) is 1. The number of ether oxygens (including phenoxy) is 2. The first-order valence-corrected chi connectivity index (χ1v) is 6.12. The van der Waals surface area contributed by atoms with E-state index in [-0.39, 0.29) is 6.10 Å². The first-order chi connectivity index (χ1) is 8.11. The molecule has 1 aliphatic heterocycles. The number of aryl methyl sites for hydroxylation is 1. The second kappa shape index (κ2) is 5.16. The summed E-state index contributed by atoms with van der Waals surface area (Å²) < 4.78 is 13.4. The van der Waals surface area contributed by atoms with E-state index in [4.69, 9.17) is 9.47 Å². The number of hydrogen-bond acceptors (Lipinski definition) is 4. The molecule has 0 radical (unpaired) electrons. The van der Waals surface area contributed by atoms with Crippen LogP contribution in [0.4, 0.5) is 0 Å². The third-order valence-corrected chi connectivity index (χ3v) is 2.88.